The topological polar surface area (TPSA) is 74.1 Å². The van der Waals surface area contributed by atoms with Crippen molar-refractivity contribution >= 4 is 22.7 Å². The number of nitrogens with zero attached hydrogens (tertiary/aromatic N) is 4. The van der Waals surface area contributed by atoms with Crippen LogP contribution in [0.15, 0.2) is 49.0 Å². The molecule has 0 aliphatic carbocycles. The van der Waals surface area contributed by atoms with Crippen molar-refractivity contribution in [1.82, 2.24) is 15.3 Å². The Morgan fingerprint density at radius 2 is 1.90 bits per heavy atom. The number of aromatic nitrogens is 2. The van der Waals surface area contributed by atoms with E-state index in [4.69, 9.17) is 15.0 Å². The fourth-order valence-corrected chi connectivity index (χ4v) is 4.23. The molecule has 0 amide bonds. The molecule has 0 saturated carbocycles. The van der Waals surface area contributed by atoms with E-state index in [1.807, 2.05) is 0 Å². The lowest BCUT2D eigenvalue weighted by atomic mass is 9.94. The van der Waals surface area contributed by atoms with Crippen LogP contribution in [0, 0.1) is 11.3 Å². The van der Waals surface area contributed by atoms with Gasteiger partial charge in [0.25, 0.3) is 0 Å². The molecule has 2 aliphatic heterocycles. The number of anilines is 1. The van der Waals surface area contributed by atoms with E-state index < -0.39 is 0 Å². The molecule has 158 valence electrons. The number of nitriles is 1. The molecule has 0 bridgehead atoms. The summed E-state index contributed by atoms with van der Waals surface area (Å²) >= 11 is 0. The summed E-state index contributed by atoms with van der Waals surface area (Å²) in [5.74, 6) is 2.35. The Hall–Kier alpha value is -3.43. The van der Waals surface area contributed by atoms with Gasteiger partial charge in [0.05, 0.1) is 11.6 Å². The van der Waals surface area contributed by atoms with Crippen LogP contribution in [0.2, 0.25) is 0 Å². The molecule has 6 heteroatoms. The molecule has 1 atom stereocenters. The molecule has 3 heterocycles. The Morgan fingerprint density at radius 1 is 1.16 bits per heavy atom. The van der Waals surface area contributed by atoms with Crippen LogP contribution >= 0.6 is 0 Å². The van der Waals surface area contributed by atoms with Crippen LogP contribution < -0.4 is 15.0 Å². The zero-order valence-corrected chi connectivity index (χ0v) is 17.8. The van der Waals surface area contributed by atoms with Crippen LogP contribution in [0.5, 0.6) is 5.88 Å². The summed E-state index contributed by atoms with van der Waals surface area (Å²) in [5.41, 5.74) is 2.36. The predicted octanol–water partition coefficient (Wildman–Crippen LogP) is 4.28. The first-order valence-corrected chi connectivity index (χ1v) is 10.7. The van der Waals surface area contributed by atoms with Gasteiger partial charge in [-0.1, -0.05) is 49.0 Å². The zero-order chi connectivity index (χ0) is 21.6. The Kier molecular flexibility index (Phi) is 6.44. The number of fused-ring (bicyclic) bond motifs is 2. The molecule has 1 unspecified atom stereocenters. The third-order valence-corrected chi connectivity index (χ3v) is 5.64. The first-order chi connectivity index (χ1) is 15.2. The fourth-order valence-electron chi connectivity index (χ4n) is 4.23. The Labute approximate surface area is 183 Å². The molecule has 1 fully saturated rings. The summed E-state index contributed by atoms with van der Waals surface area (Å²) in [6.07, 6.45) is 3.55. The number of nitrogens with one attached hydrogen (secondary N) is 1. The molecule has 2 aromatic carbocycles. The molecular weight excluding hydrogens is 386 g/mol. The molecule has 5 rings (SSSR count). The lowest BCUT2D eigenvalue weighted by Crippen LogP contribution is -2.44. The highest BCUT2D eigenvalue weighted by Crippen LogP contribution is 2.39. The van der Waals surface area contributed by atoms with Crippen molar-refractivity contribution in [3.05, 3.63) is 66.0 Å². The van der Waals surface area contributed by atoms with Crippen LogP contribution in [0.4, 0.5) is 5.82 Å². The highest BCUT2D eigenvalue weighted by molar-refractivity contribution is 5.86. The van der Waals surface area contributed by atoms with Crippen molar-refractivity contribution in [1.29, 1.82) is 5.26 Å². The third-order valence-electron chi connectivity index (χ3n) is 5.64. The second-order valence-electron chi connectivity index (χ2n) is 7.57. The summed E-state index contributed by atoms with van der Waals surface area (Å²) in [6.45, 7) is 9.15. The quantitative estimate of drug-likeness (QED) is 0.691. The van der Waals surface area contributed by atoms with E-state index in [2.05, 4.69) is 64.2 Å². The lowest BCUT2D eigenvalue weighted by Gasteiger charge is -2.33. The van der Waals surface area contributed by atoms with E-state index in [1.165, 1.54) is 23.3 Å². The van der Waals surface area contributed by atoms with Gasteiger partial charge in [-0.25, -0.2) is 4.98 Å². The maximum Gasteiger partial charge on any atom is 0.222 e. The molecule has 31 heavy (non-hydrogen) atoms. The average molecular weight is 414 g/mol. The van der Waals surface area contributed by atoms with E-state index in [9.17, 15) is 0 Å². The van der Waals surface area contributed by atoms with Gasteiger partial charge in [0.1, 0.15) is 11.9 Å². The van der Waals surface area contributed by atoms with Crippen molar-refractivity contribution in [2.45, 2.75) is 25.9 Å². The van der Waals surface area contributed by atoms with Gasteiger partial charge in [-0.05, 0) is 29.7 Å². The SMILES string of the molecule is C=Cc1nc2c(c(N3CCNCC3)n1)CCC(c1cccc3ccccc13)O2.CC#N. The zero-order valence-electron chi connectivity index (χ0n) is 17.8. The molecule has 1 saturated heterocycles. The predicted molar refractivity (Wildman–Crippen MR) is 124 cm³/mol. The van der Waals surface area contributed by atoms with Crippen molar-refractivity contribution in [2.24, 2.45) is 0 Å². The minimum atomic E-state index is 0.00189. The van der Waals surface area contributed by atoms with Gasteiger partial charge in [0.2, 0.25) is 5.88 Å². The van der Waals surface area contributed by atoms with Crippen LogP contribution in [-0.4, -0.2) is 36.1 Å². The highest BCUT2D eigenvalue weighted by atomic mass is 16.5. The molecule has 2 aliphatic rings. The van der Waals surface area contributed by atoms with Gasteiger partial charge in [0.15, 0.2) is 5.82 Å². The van der Waals surface area contributed by atoms with E-state index in [1.54, 1.807) is 12.1 Å². The normalized spacial score (nSPS) is 17.5. The van der Waals surface area contributed by atoms with E-state index in [0.29, 0.717) is 11.7 Å². The van der Waals surface area contributed by atoms with Crippen molar-refractivity contribution in [3.8, 4) is 11.9 Å². The Morgan fingerprint density at radius 3 is 2.68 bits per heavy atom. The number of piperazine rings is 1. The van der Waals surface area contributed by atoms with Crippen LogP contribution in [0.25, 0.3) is 16.8 Å². The van der Waals surface area contributed by atoms with Gasteiger partial charge in [-0.2, -0.15) is 10.2 Å². The number of hydrogen-bond donors (Lipinski definition) is 1. The van der Waals surface area contributed by atoms with E-state index >= 15 is 0 Å². The maximum absolute atomic E-state index is 7.32. The summed E-state index contributed by atoms with van der Waals surface area (Å²) in [7, 11) is 0. The second-order valence-corrected chi connectivity index (χ2v) is 7.57. The summed E-state index contributed by atoms with van der Waals surface area (Å²) < 4.78 is 6.46. The molecule has 1 N–H and O–H groups in total. The smallest absolute Gasteiger partial charge is 0.222 e. The van der Waals surface area contributed by atoms with Gasteiger partial charge >= 0.3 is 0 Å². The minimum Gasteiger partial charge on any atom is -0.469 e. The van der Waals surface area contributed by atoms with E-state index in [-0.39, 0.29) is 6.10 Å². The van der Waals surface area contributed by atoms with Crippen LogP contribution in [0.1, 0.15) is 36.4 Å². The van der Waals surface area contributed by atoms with Gasteiger partial charge < -0.3 is 15.0 Å². The molecule has 3 aromatic rings. The number of rotatable bonds is 3. The minimum absolute atomic E-state index is 0.00189. The number of hydrogen-bond acceptors (Lipinski definition) is 6. The highest BCUT2D eigenvalue weighted by Gasteiger charge is 2.29. The molecular formula is C25H27N5O. The van der Waals surface area contributed by atoms with Crippen molar-refractivity contribution in [2.75, 3.05) is 31.1 Å². The first-order valence-electron chi connectivity index (χ1n) is 10.7. The average Bonchev–Trinajstić information content (AvgIpc) is 2.83. The number of ether oxygens (including phenoxy) is 1. The monoisotopic (exact) mass is 413 g/mol. The van der Waals surface area contributed by atoms with Gasteiger partial charge in [-0.3, -0.25) is 0 Å². The lowest BCUT2D eigenvalue weighted by molar-refractivity contribution is 0.169. The number of benzene rings is 2. The Bertz CT molecular complexity index is 1110. The molecule has 0 radical (unpaired) electrons. The van der Waals surface area contributed by atoms with Gasteiger partial charge in [0, 0.05) is 38.7 Å². The summed E-state index contributed by atoms with van der Waals surface area (Å²) in [4.78, 5) is 11.8. The van der Waals surface area contributed by atoms with Gasteiger partial charge in [-0.15, -0.1) is 0 Å². The van der Waals surface area contributed by atoms with E-state index in [0.717, 1.165) is 50.4 Å². The third kappa shape index (κ3) is 4.37. The Balaban J connectivity index is 0.000000730. The standard InChI is InChI=1S/C23H24N4O.C2H3N/c1-2-21-25-22(27-14-12-24-13-15-27)19-10-11-20(28-23(19)26-21)18-9-5-7-16-6-3-4-8-17(16)18;1-2-3/h2-9,20,24H,1,10-15H2;1H3. The molecule has 6 nitrogen and oxygen atoms in total. The fraction of sp³-hybridized carbons (Fsp3) is 0.320. The largest absolute Gasteiger partial charge is 0.469 e. The maximum atomic E-state index is 7.32. The summed E-state index contributed by atoms with van der Waals surface area (Å²) in [6, 6.07) is 16.7. The van der Waals surface area contributed by atoms with Crippen LogP contribution in [-0.2, 0) is 6.42 Å². The van der Waals surface area contributed by atoms with Crippen molar-refractivity contribution in [3.63, 3.8) is 0 Å². The molecule has 1 aromatic heterocycles. The second kappa shape index (κ2) is 9.59. The molecule has 0 spiro atoms. The van der Waals surface area contributed by atoms with Crippen LogP contribution in [0.3, 0.4) is 0 Å². The summed E-state index contributed by atoms with van der Waals surface area (Å²) in [5, 5.41) is 13.2. The first kappa shape index (κ1) is 20.8. The van der Waals surface area contributed by atoms with Crippen molar-refractivity contribution < 1.29 is 4.74 Å².